The molecule has 6 heteroatoms. The highest BCUT2D eigenvalue weighted by Crippen LogP contribution is 2.40. The zero-order chi connectivity index (χ0) is 22.6. The van der Waals surface area contributed by atoms with E-state index in [9.17, 15) is 5.11 Å². The second-order valence-electron chi connectivity index (χ2n) is 11.2. The Labute approximate surface area is 177 Å². The Kier molecular flexibility index (Phi) is 10.4. The van der Waals surface area contributed by atoms with Crippen molar-refractivity contribution in [2.45, 2.75) is 109 Å². The van der Waals surface area contributed by atoms with Gasteiger partial charge in [-0.05, 0) is 36.3 Å². The molecule has 0 amide bonds. The number of rotatable bonds is 11. The molecule has 0 radical (unpaired) electrons. The molecule has 0 aliphatic carbocycles. The van der Waals surface area contributed by atoms with Crippen LogP contribution in [0.1, 0.15) is 54.9 Å². The van der Waals surface area contributed by atoms with Crippen LogP contribution in [0.5, 0.6) is 0 Å². The van der Waals surface area contributed by atoms with Crippen LogP contribution < -0.4 is 0 Å². The van der Waals surface area contributed by atoms with Crippen LogP contribution in [-0.4, -0.2) is 53.8 Å². The summed E-state index contributed by atoms with van der Waals surface area (Å²) in [6.07, 6.45) is 1.33. The summed E-state index contributed by atoms with van der Waals surface area (Å²) in [7, 11) is -2.11. The first-order chi connectivity index (χ1) is 12.4. The quantitative estimate of drug-likeness (QED) is 0.322. The summed E-state index contributed by atoms with van der Waals surface area (Å²) in [5.74, 6) is 0.0958. The van der Waals surface area contributed by atoms with E-state index in [2.05, 4.69) is 81.2 Å². The molecule has 168 valence electrons. The molecule has 0 saturated carbocycles. The number of ether oxygens (including phenoxy) is 1. The van der Waals surface area contributed by atoms with E-state index in [1.165, 1.54) is 0 Å². The Bertz CT molecular complexity index is 478. The molecule has 0 heterocycles. The third kappa shape index (κ3) is 8.03. The van der Waals surface area contributed by atoms with Crippen molar-refractivity contribution in [3.05, 3.63) is 12.7 Å². The van der Waals surface area contributed by atoms with E-state index in [0.29, 0.717) is 13.0 Å². The number of methoxy groups -OCH3 is 1. The lowest BCUT2D eigenvalue weighted by atomic mass is 9.94. The average Bonchev–Trinajstić information content (AvgIpc) is 2.51. The lowest BCUT2D eigenvalue weighted by Gasteiger charge is -2.43. The van der Waals surface area contributed by atoms with E-state index in [4.69, 9.17) is 13.6 Å². The Morgan fingerprint density at radius 3 is 1.75 bits per heavy atom. The van der Waals surface area contributed by atoms with Gasteiger partial charge >= 0.3 is 0 Å². The van der Waals surface area contributed by atoms with E-state index in [0.717, 1.165) is 0 Å². The van der Waals surface area contributed by atoms with Crippen molar-refractivity contribution in [3.63, 3.8) is 0 Å². The normalized spacial score (nSPS) is 18.5. The van der Waals surface area contributed by atoms with Gasteiger partial charge in [0.25, 0.3) is 0 Å². The third-order valence-corrected chi connectivity index (χ3v) is 15.9. The van der Waals surface area contributed by atoms with Gasteiger partial charge in [-0.2, -0.15) is 0 Å². The fourth-order valence-corrected chi connectivity index (χ4v) is 4.88. The molecule has 0 fully saturated rings. The van der Waals surface area contributed by atoms with Gasteiger partial charge in [0.15, 0.2) is 16.6 Å². The van der Waals surface area contributed by atoms with Crippen LogP contribution in [0.2, 0.25) is 36.3 Å². The molecule has 28 heavy (non-hydrogen) atoms. The summed E-state index contributed by atoms with van der Waals surface area (Å²) in [4.78, 5) is 0. The summed E-state index contributed by atoms with van der Waals surface area (Å²) < 4.78 is 19.0. The van der Waals surface area contributed by atoms with Crippen molar-refractivity contribution >= 4 is 16.6 Å². The summed E-state index contributed by atoms with van der Waals surface area (Å²) in [5.41, 5.74) is 0. The Morgan fingerprint density at radius 1 is 0.929 bits per heavy atom. The van der Waals surface area contributed by atoms with Gasteiger partial charge in [-0.25, -0.2) is 0 Å². The second kappa shape index (κ2) is 10.4. The van der Waals surface area contributed by atoms with Crippen LogP contribution in [0.25, 0.3) is 0 Å². The lowest BCUT2D eigenvalue weighted by molar-refractivity contribution is -0.0363. The van der Waals surface area contributed by atoms with Crippen LogP contribution >= 0.6 is 0 Å². The highest BCUT2D eigenvalue weighted by Gasteiger charge is 2.42. The maximum atomic E-state index is 10.2. The van der Waals surface area contributed by atoms with E-state index < -0.39 is 22.7 Å². The van der Waals surface area contributed by atoms with E-state index in [1.54, 1.807) is 13.2 Å². The van der Waals surface area contributed by atoms with Crippen molar-refractivity contribution < 1.29 is 18.7 Å². The first-order valence-corrected chi connectivity index (χ1v) is 16.4. The molecule has 0 aromatic heterocycles. The van der Waals surface area contributed by atoms with E-state index in [-0.39, 0.29) is 28.2 Å². The molecule has 0 aromatic rings. The number of aliphatic hydroxyl groups is 1. The molecule has 0 bridgehead atoms. The smallest absolute Gasteiger partial charge is 0.192 e. The standard InChI is InChI=1S/C22H48O4Si2/c1-14-18(23)15-19(26-28(12,13)22(6,7)8)17(2)20(24-9)16-25-27(10,11)21(3,4)5/h14,17-20,23H,1,15-16H2,2-13H3/t17-,18+,19-,20-/m0/s1. The zero-order valence-electron chi connectivity index (χ0n) is 20.7. The SMILES string of the molecule is C=C[C@@H](O)C[C@H](O[Si](C)(C)C(C)(C)C)[C@H](C)[C@H](CO[Si](C)(C)C(C)(C)C)OC. The highest BCUT2D eigenvalue weighted by atomic mass is 28.4. The third-order valence-electron chi connectivity index (χ3n) is 6.89. The van der Waals surface area contributed by atoms with Crippen molar-refractivity contribution in [1.29, 1.82) is 0 Å². The predicted octanol–water partition coefficient (Wildman–Crippen LogP) is 5.99. The van der Waals surface area contributed by atoms with Crippen LogP contribution in [0.15, 0.2) is 12.7 Å². The molecule has 0 aliphatic rings. The zero-order valence-corrected chi connectivity index (χ0v) is 22.7. The van der Waals surface area contributed by atoms with Gasteiger partial charge in [0.1, 0.15) is 0 Å². The van der Waals surface area contributed by atoms with Crippen LogP contribution in [0.4, 0.5) is 0 Å². The highest BCUT2D eigenvalue weighted by molar-refractivity contribution is 6.74. The minimum atomic E-state index is -1.99. The van der Waals surface area contributed by atoms with Gasteiger partial charge in [0.05, 0.1) is 24.9 Å². The number of aliphatic hydroxyl groups excluding tert-OH is 1. The van der Waals surface area contributed by atoms with E-state index in [1.807, 2.05) is 0 Å². The number of hydrogen-bond acceptors (Lipinski definition) is 4. The van der Waals surface area contributed by atoms with Crippen LogP contribution in [0.3, 0.4) is 0 Å². The molecular formula is C22H48O4Si2. The largest absolute Gasteiger partial charge is 0.414 e. The van der Waals surface area contributed by atoms with Gasteiger partial charge < -0.3 is 18.7 Å². The minimum absolute atomic E-state index is 0.0825. The molecule has 4 nitrogen and oxygen atoms in total. The van der Waals surface area contributed by atoms with Crippen molar-refractivity contribution in [2.75, 3.05) is 13.7 Å². The monoisotopic (exact) mass is 432 g/mol. The average molecular weight is 433 g/mol. The molecule has 1 N–H and O–H groups in total. The molecule has 0 spiro atoms. The molecule has 4 atom stereocenters. The van der Waals surface area contributed by atoms with E-state index >= 15 is 0 Å². The Hall–Kier alpha value is 0.0138. The summed E-state index contributed by atoms with van der Waals surface area (Å²) in [6, 6.07) is 0. The van der Waals surface area contributed by atoms with Gasteiger partial charge in [-0.1, -0.05) is 54.5 Å². The summed E-state index contributed by atoms with van der Waals surface area (Å²) >= 11 is 0. The molecular weight excluding hydrogens is 384 g/mol. The summed E-state index contributed by atoms with van der Waals surface area (Å²) in [5, 5.41) is 10.5. The maximum Gasteiger partial charge on any atom is 0.192 e. The lowest BCUT2D eigenvalue weighted by Crippen LogP contribution is -2.50. The number of hydrogen-bond donors (Lipinski definition) is 1. The Morgan fingerprint density at radius 2 is 1.39 bits per heavy atom. The predicted molar refractivity (Wildman–Crippen MR) is 126 cm³/mol. The van der Waals surface area contributed by atoms with Crippen molar-refractivity contribution in [2.24, 2.45) is 5.92 Å². The fraction of sp³-hybridized carbons (Fsp3) is 0.909. The molecule has 0 aromatic carbocycles. The molecule has 0 rings (SSSR count). The topological polar surface area (TPSA) is 47.9 Å². The molecule has 0 saturated heterocycles. The molecule has 0 aliphatic heterocycles. The van der Waals surface area contributed by atoms with Gasteiger partial charge in [0.2, 0.25) is 0 Å². The minimum Gasteiger partial charge on any atom is -0.414 e. The maximum absolute atomic E-state index is 10.2. The van der Waals surface area contributed by atoms with Gasteiger partial charge in [-0.15, -0.1) is 6.58 Å². The van der Waals surface area contributed by atoms with Crippen molar-refractivity contribution in [3.8, 4) is 0 Å². The van der Waals surface area contributed by atoms with Gasteiger partial charge in [0, 0.05) is 19.4 Å². The molecule has 0 unspecified atom stereocenters. The first-order valence-electron chi connectivity index (χ1n) is 10.5. The van der Waals surface area contributed by atoms with Gasteiger partial charge in [-0.3, -0.25) is 0 Å². The Balaban J connectivity index is 5.47. The first kappa shape index (κ1) is 28.0. The van der Waals surface area contributed by atoms with Crippen LogP contribution in [-0.2, 0) is 13.6 Å². The second-order valence-corrected chi connectivity index (χ2v) is 20.7. The summed E-state index contributed by atoms with van der Waals surface area (Å²) in [6.45, 7) is 28.9. The van der Waals surface area contributed by atoms with Crippen LogP contribution in [0, 0.1) is 5.92 Å². The fourth-order valence-electron chi connectivity index (χ4n) is 2.44. The van der Waals surface area contributed by atoms with Crippen molar-refractivity contribution in [1.82, 2.24) is 0 Å².